The molecule has 0 bridgehead atoms. The van der Waals surface area contributed by atoms with Gasteiger partial charge in [0.2, 0.25) is 0 Å². The van der Waals surface area contributed by atoms with Crippen molar-refractivity contribution in [1.82, 2.24) is 4.98 Å². The van der Waals surface area contributed by atoms with Crippen LogP contribution in [0.15, 0.2) is 54.7 Å². The Hall–Kier alpha value is -3.52. The van der Waals surface area contributed by atoms with Gasteiger partial charge in [-0.1, -0.05) is 37.3 Å². The molecule has 38 heavy (non-hydrogen) atoms. The van der Waals surface area contributed by atoms with Crippen molar-refractivity contribution < 1.29 is 28.9 Å². The van der Waals surface area contributed by atoms with Crippen LogP contribution in [0.5, 0.6) is 5.75 Å². The van der Waals surface area contributed by atoms with Crippen LogP contribution in [0.4, 0.5) is 15.0 Å². The molecule has 1 aromatic heterocycles. The van der Waals surface area contributed by atoms with Gasteiger partial charge in [-0.15, -0.1) is 0 Å². The lowest BCUT2D eigenvalue weighted by molar-refractivity contribution is -0.123. The van der Waals surface area contributed by atoms with Crippen molar-refractivity contribution in [1.29, 1.82) is 0 Å². The zero-order valence-corrected chi connectivity index (χ0v) is 22.2. The molecule has 1 amide bonds. The van der Waals surface area contributed by atoms with E-state index < -0.39 is 17.5 Å². The lowest BCUT2D eigenvalue weighted by atomic mass is 9.85. The number of ketones is 1. The number of nitrogens with zero attached hydrogens (tertiary/aromatic N) is 1. The fraction of sp³-hybridized carbons (Fsp3) is 0.433. The lowest BCUT2D eigenvalue weighted by Crippen LogP contribution is -2.29. The second kappa shape index (κ2) is 13.3. The number of benzene rings is 2. The summed E-state index contributed by atoms with van der Waals surface area (Å²) in [5.74, 6) is -0.348. The molecule has 1 heterocycles. The van der Waals surface area contributed by atoms with Crippen LogP contribution in [0, 0.1) is 17.7 Å². The second-order valence-corrected chi connectivity index (χ2v) is 10.6. The molecule has 0 aliphatic carbocycles. The Bertz CT molecular complexity index is 1240. The number of carbonyl (C=O) groups is 2. The fourth-order valence-corrected chi connectivity index (χ4v) is 4.67. The van der Waals surface area contributed by atoms with Gasteiger partial charge < -0.3 is 14.9 Å². The standard InChI is InChI=1S/C30H37FN2O5/c1-20(26(34)13-6-4-9-22-10-5-7-14-27(22)35)15-21(17-30(2,3)37)19-38-29(36)33-28-16-24-23(18-32-28)11-8-12-25(24)31/h5,7-8,10-12,14,16,18,20-21,35,37H,4,6,9,13,15,17,19H2,1-3H3,(H,32,33,36)/t20?,21-/m0/s1. The number of hydrogen-bond acceptors (Lipinski definition) is 6. The smallest absolute Gasteiger partial charge is 0.412 e. The number of phenolic OH excluding ortho intramolecular Hbond substituents is 1. The van der Waals surface area contributed by atoms with E-state index in [9.17, 15) is 24.2 Å². The van der Waals surface area contributed by atoms with Crippen molar-refractivity contribution in [2.45, 2.75) is 64.9 Å². The van der Waals surface area contributed by atoms with Crippen LogP contribution in [-0.4, -0.2) is 39.3 Å². The molecule has 3 N–H and O–H groups in total. The zero-order chi connectivity index (χ0) is 27.7. The van der Waals surface area contributed by atoms with Gasteiger partial charge in [0.25, 0.3) is 0 Å². The maximum atomic E-state index is 14.1. The minimum atomic E-state index is -0.998. The number of ether oxygens (including phenoxy) is 1. The molecular weight excluding hydrogens is 487 g/mol. The molecule has 3 aromatic rings. The number of unbranched alkanes of at least 4 members (excludes halogenated alkanes) is 1. The summed E-state index contributed by atoms with van der Waals surface area (Å²) in [5.41, 5.74) is -0.125. The average Bonchev–Trinajstić information content (AvgIpc) is 2.85. The third-order valence-corrected chi connectivity index (χ3v) is 6.53. The second-order valence-electron chi connectivity index (χ2n) is 10.6. The Morgan fingerprint density at radius 2 is 1.89 bits per heavy atom. The highest BCUT2D eigenvalue weighted by Crippen LogP contribution is 2.26. The topological polar surface area (TPSA) is 109 Å². The predicted octanol–water partition coefficient (Wildman–Crippen LogP) is 6.41. The number of para-hydroxylation sites is 1. The molecular formula is C30H37FN2O5. The first-order valence-electron chi connectivity index (χ1n) is 13.0. The minimum Gasteiger partial charge on any atom is -0.508 e. The van der Waals surface area contributed by atoms with Gasteiger partial charge in [0, 0.05) is 29.3 Å². The Morgan fingerprint density at radius 3 is 2.63 bits per heavy atom. The van der Waals surface area contributed by atoms with Crippen LogP contribution in [0.1, 0.15) is 58.4 Å². The maximum absolute atomic E-state index is 14.1. The summed E-state index contributed by atoms with van der Waals surface area (Å²) < 4.78 is 19.5. The minimum absolute atomic E-state index is 0.0165. The Kier molecular flexibility index (Phi) is 10.2. The van der Waals surface area contributed by atoms with Gasteiger partial charge in [-0.3, -0.25) is 10.1 Å². The molecule has 0 aliphatic heterocycles. The molecule has 0 spiro atoms. The molecule has 3 rings (SSSR count). The number of nitrogens with one attached hydrogen (secondary N) is 1. The number of aryl methyl sites for hydroxylation is 1. The van der Waals surface area contributed by atoms with E-state index in [0.29, 0.717) is 42.9 Å². The number of Topliss-reactive ketones (excluding diaryl/α,β-unsaturated/α-hetero) is 1. The van der Waals surface area contributed by atoms with E-state index in [1.165, 1.54) is 18.3 Å². The number of hydrogen-bond donors (Lipinski definition) is 3. The molecule has 0 saturated carbocycles. The summed E-state index contributed by atoms with van der Waals surface area (Å²) in [6.07, 6.45) is 4.19. The van der Waals surface area contributed by atoms with E-state index in [1.54, 1.807) is 38.1 Å². The number of fused-ring (bicyclic) bond motifs is 1. The number of aliphatic hydroxyl groups is 1. The number of aromatic nitrogens is 1. The van der Waals surface area contributed by atoms with Crippen LogP contribution >= 0.6 is 0 Å². The quantitative estimate of drug-likeness (QED) is 0.223. The highest BCUT2D eigenvalue weighted by molar-refractivity contribution is 5.89. The number of anilines is 1. The molecule has 8 heteroatoms. The Labute approximate surface area is 223 Å². The summed E-state index contributed by atoms with van der Waals surface area (Å²) in [4.78, 5) is 29.3. The van der Waals surface area contributed by atoms with Gasteiger partial charge in [-0.2, -0.15) is 0 Å². The zero-order valence-electron chi connectivity index (χ0n) is 22.2. The average molecular weight is 525 g/mol. The Balaban J connectivity index is 1.49. The number of carbonyl (C=O) groups excluding carboxylic acids is 2. The molecule has 1 unspecified atom stereocenters. The number of pyridine rings is 1. The van der Waals surface area contributed by atoms with Crippen molar-refractivity contribution in [2.24, 2.45) is 11.8 Å². The molecule has 2 aromatic carbocycles. The first-order valence-corrected chi connectivity index (χ1v) is 13.0. The first kappa shape index (κ1) is 29.0. The summed E-state index contributed by atoms with van der Waals surface area (Å²) in [7, 11) is 0. The Morgan fingerprint density at radius 1 is 1.13 bits per heavy atom. The largest absolute Gasteiger partial charge is 0.508 e. The summed E-state index contributed by atoms with van der Waals surface area (Å²) in [6, 6.07) is 13.3. The molecule has 7 nitrogen and oxygen atoms in total. The number of phenols is 1. The summed E-state index contributed by atoms with van der Waals surface area (Å²) >= 11 is 0. The molecule has 204 valence electrons. The summed E-state index contributed by atoms with van der Waals surface area (Å²) in [5, 5.41) is 23.7. The highest BCUT2D eigenvalue weighted by atomic mass is 19.1. The molecule has 0 radical (unpaired) electrons. The van der Waals surface area contributed by atoms with Crippen LogP contribution in [0.2, 0.25) is 0 Å². The molecule has 0 aliphatic rings. The number of rotatable bonds is 13. The number of amides is 1. The molecule has 2 atom stereocenters. The van der Waals surface area contributed by atoms with Crippen molar-refractivity contribution in [3.63, 3.8) is 0 Å². The van der Waals surface area contributed by atoms with Gasteiger partial charge in [0.15, 0.2) is 0 Å². The molecule has 0 fully saturated rings. The third-order valence-electron chi connectivity index (χ3n) is 6.53. The van der Waals surface area contributed by atoms with E-state index in [1.807, 2.05) is 19.1 Å². The SMILES string of the molecule is CC(C[C@H](COC(=O)Nc1cc2c(F)cccc2cn1)CC(C)(C)O)C(=O)CCCCc1ccccc1O. The summed E-state index contributed by atoms with van der Waals surface area (Å²) in [6.45, 7) is 5.23. The highest BCUT2D eigenvalue weighted by Gasteiger charge is 2.26. The van der Waals surface area contributed by atoms with Crippen LogP contribution in [0.25, 0.3) is 10.8 Å². The van der Waals surface area contributed by atoms with Gasteiger partial charge in [0.05, 0.1) is 12.2 Å². The van der Waals surface area contributed by atoms with E-state index in [0.717, 1.165) is 12.0 Å². The van der Waals surface area contributed by atoms with E-state index in [4.69, 9.17) is 4.74 Å². The van der Waals surface area contributed by atoms with Gasteiger partial charge in [-0.25, -0.2) is 14.2 Å². The van der Waals surface area contributed by atoms with Crippen LogP contribution in [-0.2, 0) is 16.0 Å². The monoisotopic (exact) mass is 524 g/mol. The van der Waals surface area contributed by atoms with Gasteiger partial charge in [0.1, 0.15) is 23.2 Å². The van der Waals surface area contributed by atoms with E-state index >= 15 is 0 Å². The van der Waals surface area contributed by atoms with Crippen molar-refractivity contribution >= 4 is 28.5 Å². The molecule has 0 saturated heterocycles. The fourth-order valence-electron chi connectivity index (χ4n) is 4.67. The van der Waals surface area contributed by atoms with Crippen LogP contribution in [0.3, 0.4) is 0 Å². The van der Waals surface area contributed by atoms with Crippen molar-refractivity contribution in [3.05, 3.63) is 66.1 Å². The lowest BCUT2D eigenvalue weighted by Gasteiger charge is -2.26. The van der Waals surface area contributed by atoms with Crippen molar-refractivity contribution in [3.8, 4) is 5.75 Å². The number of halogens is 1. The van der Waals surface area contributed by atoms with E-state index in [2.05, 4.69) is 10.3 Å². The normalized spacial score (nSPS) is 13.2. The predicted molar refractivity (Wildman–Crippen MR) is 146 cm³/mol. The van der Waals surface area contributed by atoms with E-state index in [-0.39, 0.29) is 35.8 Å². The third kappa shape index (κ3) is 9.10. The maximum Gasteiger partial charge on any atom is 0.412 e. The van der Waals surface area contributed by atoms with Crippen molar-refractivity contribution in [2.75, 3.05) is 11.9 Å². The van der Waals surface area contributed by atoms with Gasteiger partial charge in [-0.05, 0) is 75.6 Å². The van der Waals surface area contributed by atoms with Crippen LogP contribution < -0.4 is 5.32 Å². The first-order chi connectivity index (χ1) is 18.0. The van der Waals surface area contributed by atoms with Gasteiger partial charge >= 0.3 is 6.09 Å². The number of aromatic hydroxyl groups is 1.